The van der Waals surface area contributed by atoms with Crippen molar-refractivity contribution in [2.75, 3.05) is 6.54 Å². The third-order valence-corrected chi connectivity index (χ3v) is 3.19. The number of hydrogen-bond acceptors (Lipinski definition) is 1. The molecule has 0 aliphatic rings. The Labute approximate surface area is 116 Å². The smallest absolute Gasteiger partial charge is 0.318 e. The molecule has 1 N–H and O–H groups in total. The van der Waals surface area contributed by atoms with Crippen LogP contribution in [-0.4, -0.2) is 17.3 Å². The van der Waals surface area contributed by atoms with Crippen LogP contribution in [-0.2, 0) is 6.54 Å². The molecule has 2 aromatic rings. The van der Waals surface area contributed by atoms with E-state index in [1.807, 2.05) is 54.8 Å². The Morgan fingerprint density at radius 1 is 1.10 bits per heavy atom. The Bertz CT molecular complexity index is 571. The SMILES string of the molecule is Cc1cc(CNCC(F)(F)F)c(C)n1-c1ccccc1. The molecule has 0 unspecified atom stereocenters. The molecule has 0 spiro atoms. The molecule has 1 heterocycles. The summed E-state index contributed by atoms with van der Waals surface area (Å²) in [5.74, 6) is 0. The van der Waals surface area contributed by atoms with Crippen LogP contribution in [0.3, 0.4) is 0 Å². The molecule has 2 nitrogen and oxygen atoms in total. The van der Waals surface area contributed by atoms with Gasteiger partial charge in [-0.1, -0.05) is 18.2 Å². The molecule has 0 atom stereocenters. The van der Waals surface area contributed by atoms with E-state index in [9.17, 15) is 13.2 Å². The molecule has 0 saturated heterocycles. The Morgan fingerprint density at radius 3 is 2.35 bits per heavy atom. The molecule has 0 amide bonds. The van der Waals surface area contributed by atoms with Crippen LogP contribution in [0.2, 0.25) is 0 Å². The van der Waals surface area contributed by atoms with Crippen molar-refractivity contribution < 1.29 is 13.2 Å². The summed E-state index contributed by atoms with van der Waals surface area (Å²) in [6.45, 7) is 3.12. The highest BCUT2D eigenvalue weighted by Gasteiger charge is 2.26. The summed E-state index contributed by atoms with van der Waals surface area (Å²) in [5.41, 5.74) is 3.88. The fraction of sp³-hybridized carbons (Fsp3) is 0.333. The van der Waals surface area contributed by atoms with Gasteiger partial charge in [-0.25, -0.2) is 0 Å². The molecular formula is C15H17F3N2. The number of para-hydroxylation sites is 1. The molecule has 108 valence electrons. The minimum absolute atomic E-state index is 0.214. The third-order valence-electron chi connectivity index (χ3n) is 3.19. The molecule has 0 saturated carbocycles. The lowest BCUT2D eigenvalue weighted by molar-refractivity contribution is -0.125. The highest BCUT2D eigenvalue weighted by atomic mass is 19.4. The lowest BCUT2D eigenvalue weighted by Gasteiger charge is -2.11. The van der Waals surface area contributed by atoms with Gasteiger partial charge in [-0.3, -0.25) is 0 Å². The van der Waals surface area contributed by atoms with Crippen molar-refractivity contribution in [2.24, 2.45) is 0 Å². The zero-order valence-corrected chi connectivity index (χ0v) is 11.5. The zero-order valence-electron chi connectivity index (χ0n) is 11.5. The molecule has 0 aliphatic heterocycles. The summed E-state index contributed by atoms with van der Waals surface area (Å²) < 4.78 is 38.5. The predicted molar refractivity (Wildman–Crippen MR) is 73.0 cm³/mol. The second-order valence-corrected chi connectivity index (χ2v) is 4.79. The van der Waals surface area contributed by atoms with Gasteiger partial charge in [-0.05, 0) is 37.6 Å². The lowest BCUT2D eigenvalue weighted by atomic mass is 10.2. The van der Waals surface area contributed by atoms with Gasteiger partial charge >= 0.3 is 6.18 Å². The average molecular weight is 282 g/mol. The maximum absolute atomic E-state index is 12.1. The van der Waals surface area contributed by atoms with E-state index in [1.165, 1.54) is 0 Å². The molecule has 5 heteroatoms. The van der Waals surface area contributed by atoms with Gasteiger partial charge in [-0.2, -0.15) is 13.2 Å². The van der Waals surface area contributed by atoms with Gasteiger partial charge in [0.05, 0.1) is 6.54 Å². The van der Waals surface area contributed by atoms with Crippen molar-refractivity contribution in [2.45, 2.75) is 26.6 Å². The van der Waals surface area contributed by atoms with Crippen molar-refractivity contribution in [3.8, 4) is 5.69 Å². The summed E-state index contributed by atoms with van der Waals surface area (Å²) in [7, 11) is 0. The topological polar surface area (TPSA) is 17.0 Å². The van der Waals surface area contributed by atoms with E-state index < -0.39 is 12.7 Å². The first-order chi connectivity index (χ1) is 9.38. The van der Waals surface area contributed by atoms with Gasteiger partial charge in [0.15, 0.2) is 0 Å². The molecule has 1 aromatic heterocycles. The van der Waals surface area contributed by atoms with Crippen LogP contribution in [0.25, 0.3) is 5.69 Å². The van der Waals surface area contributed by atoms with E-state index >= 15 is 0 Å². The summed E-state index contributed by atoms with van der Waals surface area (Å²) in [5, 5.41) is 2.44. The number of hydrogen-bond donors (Lipinski definition) is 1. The highest BCUT2D eigenvalue weighted by molar-refractivity contribution is 5.40. The third kappa shape index (κ3) is 3.42. The summed E-state index contributed by atoms with van der Waals surface area (Å²) in [4.78, 5) is 0. The van der Waals surface area contributed by atoms with E-state index in [1.54, 1.807) is 0 Å². The van der Waals surface area contributed by atoms with Crippen molar-refractivity contribution in [3.63, 3.8) is 0 Å². The molecule has 0 radical (unpaired) electrons. The van der Waals surface area contributed by atoms with E-state index in [2.05, 4.69) is 5.32 Å². The molecule has 0 bridgehead atoms. The minimum Gasteiger partial charge on any atom is -0.318 e. The highest BCUT2D eigenvalue weighted by Crippen LogP contribution is 2.21. The van der Waals surface area contributed by atoms with Crippen LogP contribution in [0.15, 0.2) is 36.4 Å². The van der Waals surface area contributed by atoms with Crippen LogP contribution in [0, 0.1) is 13.8 Å². The van der Waals surface area contributed by atoms with Crippen LogP contribution in [0.1, 0.15) is 17.0 Å². The number of rotatable bonds is 4. The van der Waals surface area contributed by atoms with Crippen LogP contribution in [0.5, 0.6) is 0 Å². The number of nitrogens with zero attached hydrogens (tertiary/aromatic N) is 1. The number of nitrogens with one attached hydrogen (secondary N) is 1. The normalized spacial score (nSPS) is 11.8. The van der Waals surface area contributed by atoms with Crippen LogP contribution >= 0.6 is 0 Å². The molecule has 20 heavy (non-hydrogen) atoms. The zero-order chi connectivity index (χ0) is 14.8. The van der Waals surface area contributed by atoms with E-state index in [0.29, 0.717) is 0 Å². The quantitative estimate of drug-likeness (QED) is 0.903. The van der Waals surface area contributed by atoms with Crippen LogP contribution < -0.4 is 5.32 Å². The second-order valence-electron chi connectivity index (χ2n) is 4.79. The molecule has 0 aliphatic carbocycles. The standard InChI is InChI=1S/C15H17F3N2/c1-11-8-13(9-19-10-15(16,17)18)12(2)20(11)14-6-4-3-5-7-14/h3-8,19H,9-10H2,1-2H3. The predicted octanol–water partition coefficient (Wildman–Crippen LogP) is 3.75. The molecule has 2 rings (SSSR count). The second kappa shape index (κ2) is 5.71. The first-order valence-corrected chi connectivity index (χ1v) is 6.39. The van der Waals surface area contributed by atoms with Gasteiger partial charge < -0.3 is 9.88 Å². The largest absolute Gasteiger partial charge is 0.401 e. The van der Waals surface area contributed by atoms with E-state index in [0.717, 1.165) is 22.6 Å². The maximum atomic E-state index is 12.1. The van der Waals surface area contributed by atoms with E-state index in [-0.39, 0.29) is 6.54 Å². The number of aryl methyl sites for hydroxylation is 1. The number of halogens is 3. The Morgan fingerprint density at radius 2 is 1.75 bits per heavy atom. The first-order valence-electron chi connectivity index (χ1n) is 6.39. The lowest BCUT2D eigenvalue weighted by Crippen LogP contribution is -2.28. The van der Waals surface area contributed by atoms with Gasteiger partial charge in [0, 0.05) is 23.6 Å². The van der Waals surface area contributed by atoms with Gasteiger partial charge in [0.1, 0.15) is 0 Å². The Kier molecular flexibility index (Phi) is 4.18. The Hall–Kier alpha value is -1.75. The Balaban J connectivity index is 2.17. The van der Waals surface area contributed by atoms with Crippen molar-refractivity contribution in [1.82, 2.24) is 9.88 Å². The number of benzene rings is 1. The van der Waals surface area contributed by atoms with Gasteiger partial charge in [-0.15, -0.1) is 0 Å². The maximum Gasteiger partial charge on any atom is 0.401 e. The van der Waals surface area contributed by atoms with Crippen molar-refractivity contribution in [1.29, 1.82) is 0 Å². The summed E-state index contributed by atoms with van der Waals surface area (Å²) in [6.07, 6.45) is -4.18. The summed E-state index contributed by atoms with van der Waals surface area (Å²) >= 11 is 0. The number of alkyl halides is 3. The molecule has 0 fully saturated rings. The van der Waals surface area contributed by atoms with Crippen molar-refractivity contribution in [3.05, 3.63) is 53.3 Å². The van der Waals surface area contributed by atoms with Gasteiger partial charge in [0.2, 0.25) is 0 Å². The fourth-order valence-corrected chi connectivity index (χ4v) is 2.32. The molecule has 1 aromatic carbocycles. The van der Waals surface area contributed by atoms with E-state index in [4.69, 9.17) is 0 Å². The van der Waals surface area contributed by atoms with Crippen LogP contribution in [0.4, 0.5) is 13.2 Å². The van der Waals surface area contributed by atoms with Gasteiger partial charge in [0.25, 0.3) is 0 Å². The van der Waals surface area contributed by atoms with Crippen molar-refractivity contribution >= 4 is 0 Å². The first kappa shape index (κ1) is 14.7. The molecular weight excluding hydrogens is 265 g/mol. The minimum atomic E-state index is -4.18. The number of aromatic nitrogens is 1. The average Bonchev–Trinajstić information content (AvgIpc) is 2.64. The monoisotopic (exact) mass is 282 g/mol. The fourth-order valence-electron chi connectivity index (χ4n) is 2.32. The summed E-state index contributed by atoms with van der Waals surface area (Å²) in [6, 6.07) is 11.7.